The smallest absolute Gasteiger partial charge is 0.319 e. The number of amides is 2. The van der Waals surface area contributed by atoms with Crippen molar-refractivity contribution < 1.29 is 9.90 Å². The van der Waals surface area contributed by atoms with Gasteiger partial charge in [0.15, 0.2) is 5.15 Å². The fraction of sp³-hybridized carbons (Fsp3) is 0.294. The number of carbonyl (C=O) groups excluding carboxylic acids is 1. The van der Waals surface area contributed by atoms with Crippen molar-refractivity contribution in [3.8, 4) is 0 Å². The van der Waals surface area contributed by atoms with Gasteiger partial charge >= 0.3 is 6.03 Å². The summed E-state index contributed by atoms with van der Waals surface area (Å²) in [6.45, 7) is 4.26. The van der Waals surface area contributed by atoms with Crippen molar-refractivity contribution in [1.29, 1.82) is 0 Å². The molecule has 2 aromatic rings. The number of pyridine rings is 1. The topological polar surface area (TPSA) is 74.2 Å². The van der Waals surface area contributed by atoms with Crippen molar-refractivity contribution in [3.05, 3.63) is 57.9 Å². The standard InChI is InChI=1S/C17H20ClN3O2/c1-11-9-12(2)20-16(18)15(11)21-17(23)19-8-7-13-3-5-14(10-22)6-4-13/h3-6,9,22H,7-8,10H2,1-2H3,(H2,19,21,23). The molecule has 122 valence electrons. The zero-order chi connectivity index (χ0) is 16.8. The van der Waals surface area contributed by atoms with Gasteiger partial charge in [0.25, 0.3) is 0 Å². The highest BCUT2D eigenvalue weighted by molar-refractivity contribution is 6.32. The van der Waals surface area contributed by atoms with E-state index in [9.17, 15) is 4.79 Å². The molecule has 0 aliphatic heterocycles. The van der Waals surface area contributed by atoms with E-state index in [4.69, 9.17) is 16.7 Å². The molecule has 0 saturated heterocycles. The minimum atomic E-state index is -0.312. The van der Waals surface area contributed by atoms with Crippen LogP contribution in [0.4, 0.5) is 10.5 Å². The lowest BCUT2D eigenvalue weighted by Crippen LogP contribution is -2.31. The molecule has 6 heteroatoms. The zero-order valence-corrected chi connectivity index (χ0v) is 13.9. The van der Waals surface area contributed by atoms with E-state index in [1.165, 1.54) is 0 Å². The minimum absolute atomic E-state index is 0.0334. The Kier molecular flexibility index (Phi) is 5.96. The Morgan fingerprint density at radius 2 is 1.87 bits per heavy atom. The van der Waals surface area contributed by atoms with Crippen molar-refractivity contribution in [2.45, 2.75) is 26.9 Å². The quantitative estimate of drug-likeness (QED) is 0.735. The van der Waals surface area contributed by atoms with Gasteiger partial charge in [0, 0.05) is 12.2 Å². The number of halogens is 1. The maximum atomic E-state index is 12.0. The molecule has 0 fully saturated rings. The SMILES string of the molecule is Cc1cc(C)c(NC(=O)NCCc2ccc(CO)cc2)c(Cl)n1. The summed E-state index contributed by atoms with van der Waals surface area (Å²) in [7, 11) is 0. The van der Waals surface area contributed by atoms with Gasteiger partial charge < -0.3 is 15.7 Å². The van der Waals surface area contributed by atoms with Gasteiger partial charge in [-0.05, 0) is 43.0 Å². The summed E-state index contributed by atoms with van der Waals surface area (Å²) in [6.07, 6.45) is 0.706. The zero-order valence-electron chi connectivity index (χ0n) is 13.2. The number of nitrogens with one attached hydrogen (secondary N) is 2. The highest BCUT2D eigenvalue weighted by Crippen LogP contribution is 2.24. The van der Waals surface area contributed by atoms with Gasteiger partial charge in [0.05, 0.1) is 12.3 Å². The number of aromatic nitrogens is 1. The fourth-order valence-electron chi connectivity index (χ4n) is 2.23. The van der Waals surface area contributed by atoms with Crippen molar-refractivity contribution in [2.24, 2.45) is 0 Å². The predicted molar refractivity (Wildman–Crippen MR) is 91.8 cm³/mol. The van der Waals surface area contributed by atoms with Crippen LogP contribution < -0.4 is 10.6 Å². The minimum Gasteiger partial charge on any atom is -0.392 e. The first-order chi connectivity index (χ1) is 11.0. The molecule has 5 nitrogen and oxygen atoms in total. The summed E-state index contributed by atoms with van der Waals surface area (Å²) in [5.74, 6) is 0. The lowest BCUT2D eigenvalue weighted by atomic mass is 10.1. The molecule has 0 radical (unpaired) electrons. The van der Waals surface area contributed by atoms with E-state index < -0.39 is 0 Å². The van der Waals surface area contributed by atoms with Gasteiger partial charge in [-0.3, -0.25) is 0 Å². The van der Waals surface area contributed by atoms with Crippen molar-refractivity contribution in [3.63, 3.8) is 0 Å². The average molecular weight is 334 g/mol. The molecule has 0 aliphatic carbocycles. The largest absolute Gasteiger partial charge is 0.392 e. The first-order valence-electron chi connectivity index (χ1n) is 7.37. The lowest BCUT2D eigenvalue weighted by molar-refractivity contribution is 0.252. The number of urea groups is 1. The molecule has 0 spiro atoms. The average Bonchev–Trinajstić information content (AvgIpc) is 2.51. The van der Waals surface area contributed by atoms with E-state index >= 15 is 0 Å². The number of aliphatic hydroxyl groups is 1. The molecule has 2 rings (SSSR count). The summed E-state index contributed by atoms with van der Waals surface area (Å²) in [6, 6.07) is 9.18. The Hall–Kier alpha value is -2.11. The van der Waals surface area contributed by atoms with Gasteiger partial charge in [-0.25, -0.2) is 9.78 Å². The molecule has 0 atom stereocenters. The van der Waals surface area contributed by atoms with E-state index in [1.54, 1.807) is 0 Å². The third-order valence-corrected chi connectivity index (χ3v) is 3.72. The molecule has 1 aromatic heterocycles. The van der Waals surface area contributed by atoms with Gasteiger partial charge in [0.2, 0.25) is 0 Å². The van der Waals surface area contributed by atoms with Crippen LogP contribution in [0, 0.1) is 13.8 Å². The number of aliphatic hydroxyl groups excluding tert-OH is 1. The fourth-order valence-corrected chi connectivity index (χ4v) is 2.56. The Morgan fingerprint density at radius 3 is 2.48 bits per heavy atom. The Labute approximate surface area is 140 Å². The van der Waals surface area contributed by atoms with Crippen LogP contribution in [-0.2, 0) is 13.0 Å². The van der Waals surface area contributed by atoms with E-state index in [-0.39, 0.29) is 17.8 Å². The third-order valence-electron chi connectivity index (χ3n) is 3.44. The second-order valence-electron chi connectivity index (χ2n) is 5.35. The van der Waals surface area contributed by atoms with E-state index in [1.807, 2.05) is 44.2 Å². The number of aryl methyl sites for hydroxylation is 2. The maximum Gasteiger partial charge on any atom is 0.319 e. The Bertz CT molecular complexity index is 664. The van der Waals surface area contributed by atoms with E-state index in [0.717, 1.165) is 22.4 Å². The van der Waals surface area contributed by atoms with Crippen LogP contribution in [0.1, 0.15) is 22.4 Å². The van der Waals surface area contributed by atoms with Crippen LogP contribution in [-0.4, -0.2) is 22.7 Å². The van der Waals surface area contributed by atoms with Gasteiger partial charge in [-0.15, -0.1) is 0 Å². The highest BCUT2D eigenvalue weighted by atomic mass is 35.5. The number of benzene rings is 1. The number of rotatable bonds is 5. The first-order valence-corrected chi connectivity index (χ1v) is 7.74. The number of hydrogen-bond donors (Lipinski definition) is 3. The molecular formula is C17H20ClN3O2. The van der Waals surface area contributed by atoms with Crippen molar-refractivity contribution in [2.75, 3.05) is 11.9 Å². The van der Waals surface area contributed by atoms with Crippen LogP contribution in [0.3, 0.4) is 0 Å². The molecule has 2 amide bonds. The van der Waals surface area contributed by atoms with Crippen LogP contribution in [0.25, 0.3) is 0 Å². The number of carbonyl (C=O) groups is 1. The van der Waals surface area contributed by atoms with Gasteiger partial charge in [-0.2, -0.15) is 0 Å². The monoisotopic (exact) mass is 333 g/mol. The number of anilines is 1. The van der Waals surface area contributed by atoms with Crippen molar-refractivity contribution >= 4 is 23.3 Å². The molecule has 0 unspecified atom stereocenters. The summed E-state index contributed by atoms with van der Waals surface area (Å²) in [5, 5.41) is 14.8. The van der Waals surface area contributed by atoms with Crippen LogP contribution >= 0.6 is 11.6 Å². The maximum absolute atomic E-state index is 12.0. The number of nitrogens with zero attached hydrogens (tertiary/aromatic N) is 1. The second-order valence-corrected chi connectivity index (χ2v) is 5.71. The summed E-state index contributed by atoms with van der Waals surface area (Å²) in [4.78, 5) is 16.1. The molecule has 1 aromatic carbocycles. The molecule has 1 heterocycles. The summed E-state index contributed by atoms with van der Waals surface area (Å²) in [5.41, 5.74) is 4.18. The Balaban J connectivity index is 1.85. The summed E-state index contributed by atoms with van der Waals surface area (Å²) < 4.78 is 0. The molecular weight excluding hydrogens is 314 g/mol. The van der Waals surface area contributed by atoms with Crippen LogP contribution in [0.2, 0.25) is 5.15 Å². The van der Waals surface area contributed by atoms with E-state index in [2.05, 4.69) is 15.6 Å². The molecule has 0 saturated carbocycles. The summed E-state index contributed by atoms with van der Waals surface area (Å²) >= 11 is 6.06. The third kappa shape index (κ3) is 4.94. The predicted octanol–water partition coefficient (Wildman–Crippen LogP) is 3.21. The highest BCUT2D eigenvalue weighted by Gasteiger charge is 2.10. The molecule has 0 aliphatic rings. The second kappa shape index (κ2) is 7.94. The van der Waals surface area contributed by atoms with Crippen LogP contribution in [0.5, 0.6) is 0 Å². The number of hydrogen-bond acceptors (Lipinski definition) is 3. The van der Waals surface area contributed by atoms with Crippen molar-refractivity contribution in [1.82, 2.24) is 10.3 Å². The first kappa shape index (κ1) is 17.2. The van der Waals surface area contributed by atoms with E-state index in [0.29, 0.717) is 18.7 Å². The molecule has 23 heavy (non-hydrogen) atoms. The Morgan fingerprint density at radius 1 is 1.22 bits per heavy atom. The molecule has 0 bridgehead atoms. The van der Waals surface area contributed by atoms with Gasteiger partial charge in [0.1, 0.15) is 0 Å². The lowest BCUT2D eigenvalue weighted by Gasteiger charge is -2.12. The normalized spacial score (nSPS) is 10.4. The van der Waals surface area contributed by atoms with Gasteiger partial charge in [-0.1, -0.05) is 35.9 Å². The van der Waals surface area contributed by atoms with Crippen LogP contribution in [0.15, 0.2) is 30.3 Å². The molecule has 3 N–H and O–H groups in total.